The molecule has 0 saturated carbocycles. The van der Waals surface area contributed by atoms with Crippen LogP contribution >= 0.6 is 0 Å². The van der Waals surface area contributed by atoms with Crippen LogP contribution in [0, 0.1) is 6.92 Å². The van der Waals surface area contributed by atoms with Gasteiger partial charge in [0.15, 0.2) is 0 Å². The van der Waals surface area contributed by atoms with Crippen molar-refractivity contribution in [1.29, 1.82) is 0 Å². The van der Waals surface area contributed by atoms with Crippen LogP contribution in [0.4, 0.5) is 0 Å². The van der Waals surface area contributed by atoms with Crippen molar-refractivity contribution in [2.45, 2.75) is 6.92 Å². The molecule has 0 fully saturated rings. The molecule has 0 aliphatic rings. The molecule has 0 bridgehead atoms. The van der Waals surface area contributed by atoms with Crippen molar-refractivity contribution in [3.8, 4) is 11.1 Å². The number of hydrogen-bond donors (Lipinski definition) is 1. The van der Waals surface area contributed by atoms with Crippen molar-refractivity contribution < 1.29 is 19.4 Å². The molecule has 2 rings (SSSR count). The van der Waals surface area contributed by atoms with Crippen molar-refractivity contribution in [2.75, 3.05) is 0 Å². The Balaban J connectivity index is 2.44. The number of aryl methyl sites for hydroxylation is 1. The summed E-state index contributed by atoms with van der Waals surface area (Å²) < 4.78 is 2.10. The number of aromatic amines is 1. The first kappa shape index (κ1) is 11.2. The zero-order chi connectivity index (χ0) is 11.4. The second-order valence-electron chi connectivity index (χ2n) is 3.57. The van der Waals surface area contributed by atoms with E-state index in [2.05, 4.69) is 39.5 Å². The number of nitrogens with one attached hydrogen (secondary N) is 1. The molecule has 2 aromatic rings. The van der Waals surface area contributed by atoms with Gasteiger partial charge in [0.2, 0.25) is 0 Å². The maximum absolute atomic E-state index is 4.22. The van der Waals surface area contributed by atoms with Gasteiger partial charge in [-0.2, -0.15) is 0 Å². The molecule has 0 amide bonds. The van der Waals surface area contributed by atoms with Crippen LogP contribution in [0.15, 0.2) is 36.9 Å². The fourth-order valence-electron chi connectivity index (χ4n) is 1.61. The van der Waals surface area contributed by atoms with Gasteiger partial charge in [-0.05, 0) is 0 Å². The Hall–Kier alpha value is -1.27. The van der Waals surface area contributed by atoms with E-state index in [1.165, 1.54) is 36.0 Å². The quantitative estimate of drug-likeness (QED) is 0.872. The van der Waals surface area contributed by atoms with Crippen LogP contribution in [-0.2, 0) is 19.4 Å². The van der Waals surface area contributed by atoms with E-state index >= 15 is 0 Å². The summed E-state index contributed by atoms with van der Waals surface area (Å²) in [6.07, 6.45) is 12.0. The number of rotatable bonds is 3. The standard InChI is InChI=1S/C13H12N2.W/c1-3-4-11-7-15-9-13(11)12-5-10(2)6-14-8-12;/h1,3-9,15H,2H3;/b4-3-;. The predicted octanol–water partition coefficient (Wildman–Crippen LogP) is 2.75. The molecule has 0 radical (unpaired) electrons. The van der Waals surface area contributed by atoms with E-state index in [-0.39, 0.29) is 0 Å². The van der Waals surface area contributed by atoms with Crippen molar-refractivity contribution >= 4 is 10.5 Å². The molecular formula is C13H12N2W. The summed E-state index contributed by atoms with van der Waals surface area (Å²) in [6, 6.07) is 2.15. The number of hydrogen-bond acceptors (Lipinski definition) is 1. The van der Waals surface area contributed by atoms with Crippen molar-refractivity contribution in [3.05, 3.63) is 48.1 Å². The molecule has 0 spiro atoms. The molecule has 0 aliphatic heterocycles. The van der Waals surface area contributed by atoms with E-state index in [4.69, 9.17) is 0 Å². The number of pyridine rings is 1. The van der Waals surface area contributed by atoms with E-state index in [1.54, 1.807) is 0 Å². The van der Waals surface area contributed by atoms with Gasteiger partial charge in [0.05, 0.1) is 0 Å². The molecule has 0 atom stereocenters. The summed E-state index contributed by atoms with van der Waals surface area (Å²) in [5, 5.41) is 0. The summed E-state index contributed by atoms with van der Waals surface area (Å²) >= 11 is 1.46. The molecule has 2 heterocycles. The second-order valence-corrected chi connectivity index (χ2v) is 4.55. The second kappa shape index (κ2) is 5.18. The molecule has 2 aromatic heterocycles. The third-order valence-corrected chi connectivity index (χ3v) is 2.88. The Morgan fingerprint density at radius 3 is 2.94 bits per heavy atom. The van der Waals surface area contributed by atoms with Gasteiger partial charge in [-0.15, -0.1) is 0 Å². The van der Waals surface area contributed by atoms with Crippen molar-refractivity contribution in [1.82, 2.24) is 9.97 Å². The normalized spacial score (nSPS) is 10.8. The van der Waals surface area contributed by atoms with E-state index in [0.717, 1.165) is 5.56 Å². The molecule has 0 aliphatic carbocycles. The molecule has 80 valence electrons. The number of H-pyrrole nitrogens is 1. The predicted molar refractivity (Wildman–Crippen MR) is 63.9 cm³/mol. The number of allylic oxidation sites excluding steroid dienone is 1. The first-order valence-electron chi connectivity index (χ1n) is 5.02. The molecule has 16 heavy (non-hydrogen) atoms. The van der Waals surface area contributed by atoms with E-state index in [1.807, 2.05) is 24.8 Å². The van der Waals surface area contributed by atoms with Gasteiger partial charge >= 0.3 is 106 Å². The molecule has 0 saturated heterocycles. The SMILES string of the molecule is Cc1cncc(-c2c[nH]cc2/C=C\[CH]=[W])c1. The minimum absolute atomic E-state index is 1.16. The summed E-state index contributed by atoms with van der Waals surface area (Å²) in [5.74, 6) is 0. The summed E-state index contributed by atoms with van der Waals surface area (Å²) in [5.41, 5.74) is 4.73. The van der Waals surface area contributed by atoms with Crippen LogP contribution < -0.4 is 0 Å². The van der Waals surface area contributed by atoms with Crippen molar-refractivity contribution in [3.63, 3.8) is 0 Å². The topological polar surface area (TPSA) is 28.7 Å². The Labute approximate surface area is 106 Å². The zero-order valence-electron chi connectivity index (χ0n) is 8.97. The van der Waals surface area contributed by atoms with Crippen LogP contribution in [-0.4, -0.2) is 14.4 Å². The first-order chi connectivity index (χ1) is 7.81. The fraction of sp³-hybridized carbons (Fsp3) is 0.0769. The van der Waals surface area contributed by atoms with E-state index < -0.39 is 0 Å². The monoisotopic (exact) mass is 380 g/mol. The number of nitrogens with zero attached hydrogens (tertiary/aromatic N) is 1. The van der Waals surface area contributed by atoms with Gasteiger partial charge in [-0.25, -0.2) is 0 Å². The average Bonchev–Trinajstić information content (AvgIpc) is 2.74. The maximum atomic E-state index is 4.22. The molecule has 0 aromatic carbocycles. The Bertz CT molecular complexity index is 526. The third kappa shape index (κ3) is 2.45. The van der Waals surface area contributed by atoms with Gasteiger partial charge in [-0.3, -0.25) is 0 Å². The molecule has 3 heteroatoms. The minimum atomic E-state index is 1.16. The Morgan fingerprint density at radius 1 is 1.31 bits per heavy atom. The van der Waals surface area contributed by atoms with Gasteiger partial charge in [0.1, 0.15) is 0 Å². The van der Waals surface area contributed by atoms with Gasteiger partial charge in [0.25, 0.3) is 0 Å². The van der Waals surface area contributed by atoms with Crippen LogP contribution in [0.5, 0.6) is 0 Å². The summed E-state index contributed by atoms with van der Waals surface area (Å²) in [6.45, 7) is 2.06. The molecule has 0 unspecified atom stereocenters. The van der Waals surface area contributed by atoms with Crippen molar-refractivity contribution in [2.24, 2.45) is 0 Å². The van der Waals surface area contributed by atoms with E-state index in [0.29, 0.717) is 0 Å². The van der Waals surface area contributed by atoms with Crippen LogP contribution in [0.2, 0.25) is 0 Å². The Kier molecular flexibility index (Phi) is 3.63. The fourth-order valence-corrected chi connectivity index (χ4v) is 1.89. The van der Waals surface area contributed by atoms with Gasteiger partial charge < -0.3 is 0 Å². The zero-order valence-corrected chi connectivity index (χ0v) is 11.9. The summed E-state index contributed by atoms with van der Waals surface area (Å²) in [7, 11) is 0. The molecule has 2 nitrogen and oxygen atoms in total. The molecular weight excluding hydrogens is 368 g/mol. The van der Waals surface area contributed by atoms with Crippen LogP contribution in [0.3, 0.4) is 0 Å². The third-order valence-electron chi connectivity index (χ3n) is 2.32. The first-order valence-corrected chi connectivity index (χ1v) is 6.71. The van der Waals surface area contributed by atoms with Gasteiger partial charge in [0, 0.05) is 0 Å². The number of aromatic nitrogens is 2. The van der Waals surface area contributed by atoms with Crippen LogP contribution in [0.1, 0.15) is 11.1 Å². The summed E-state index contributed by atoms with van der Waals surface area (Å²) in [4.78, 5) is 7.36. The molecule has 1 N–H and O–H groups in total. The van der Waals surface area contributed by atoms with Crippen LogP contribution in [0.25, 0.3) is 17.2 Å². The average molecular weight is 380 g/mol. The Morgan fingerprint density at radius 2 is 2.19 bits per heavy atom. The van der Waals surface area contributed by atoms with E-state index in [9.17, 15) is 0 Å². The van der Waals surface area contributed by atoms with Gasteiger partial charge in [-0.1, -0.05) is 0 Å².